The second kappa shape index (κ2) is 6.11. The van der Waals surface area contributed by atoms with Gasteiger partial charge in [0, 0.05) is 0 Å². The number of alkyl halides is 1. The van der Waals surface area contributed by atoms with Gasteiger partial charge in [-0.05, 0) is 17.5 Å². The summed E-state index contributed by atoms with van der Waals surface area (Å²) in [5.41, 5.74) is 1.96. The molecule has 84 valence electrons. The number of aliphatic hydroxyl groups excluding tert-OH is 2. The summed E-state index contributed by atoms with van der Waals surface area (Å²) in [6.45, 7) is 2.13. The zero-order valence-electron chi connectivity index (χ0n) is 8.86. The Morgan fingerprint density at radius 2 is 1.80 bits per heavy atom. The second-order valence-electron chi connectivity index (χ2n) is 3.66. The fourth-order valence-electron chi connectivity index (χ4n) is 1.48. The Balaban J connectivity index is 2.70. The van der Waals surface area contributed by atoms with Gasteiger partial charge < -0.3 is 10.2 Å². The van der Waals surface area contributed by atoms with Crippen molar-refractivity contribution in [1.29, 1.82) is 0 Å². The lowest BCUT2D eigenvalue weighted by molar-refractivity contribution is 0.0327. The van der Waals surface area contributed by atoms with Gasteiger partial charge in [-0.15, -0.1) is 11.6 Å². The fourth-order valence-corrected chi connectivity index (χ4v) is 1.65. The Bertz CT molecular complexity index is 284. The summed E-state index contributed by atoms with van der Waals surface area (Å²) in [5.74, 6) is 0.0396. The van der Waals surface area contributed by atoms with Crippen LogP contribution >= 0.6 is 11.6 Å². The van der Waals surface area contributed by atoms with Gasteiger partial charge in [-0.25, -0.2) is 0 Å². The van der Waals surface area contributed by atoms with Gasteiger partial charge in [0.1, 0.15) is 6.10 Å². The van der Waals surface area contributed by atoms with Crippen LogP contribution in [0.1, 0.15) is 30.6 Å². The van der Waals surface area contributed by atoms with Gasteiger partial charge in [0.25, 0.3) is 0 Å². The van der Waals surface area contributed by atoms with Gasteiger partial charge in [-0.1, -0.05) is 37.6 Å². The van der Waals surface area contributed by atoms with Crippen molar-refractivity contribution in [1.82, 2.24) is 0 Å². The van der Waals surface area contributed by atoms with Crippen LogP contribution in [0.2, 0.25) is 0 Å². The third kappa shape index (κ3) is 3.49. The highest BCUT2D eigenvalue weighted by Crippen LogP contribution is 2.18. The van der Waals surface area contributed by atoms with E-state index in [4.69, 9.17) is 11.6 Å². The molecule has 0 aliphatic rings. The topological polar surface area (TPSA) is 40.5 Å². The maximum Gasteiger partial charge on any atom is 0.106 e. The first-order valence-electron chi connectivity index (χ1n) is 5.20. The van der Waals surface area contributed by atoms with Crippen molar-refractivity contribution in [3.05, 3.63) is 35.4 Å². The van der Waals surface area contributed by atoms with Crippen molar-refractivity contribution in [2.75, 3.05) is 5.88 Å². The molecule has 1 aromatic rings. The molecule has 0 aromatic heterocycles. The molecular weight excluding hydrogens is 212 g/mol. The Hall–Kier alpha value is -0.570. The lowest BCUT2D eigenvalue weighted by Gasteiger charge is -2.15. The average molecular weight is 229 g/mol. The normalized spacial score (nSPS) is 14.9. The summed E-state index contributed by atoms with van der Waals surface area (Å²) in [6, 6.07) is 7.63. The maximum absolute atomic E-state index is 9.68. The van der Waals surface area contributed by atoms with Crippen molar-refractivity contribution in [3.63, 3.8) is 0 Å². The summed E-state index contributed by atoms with van der Waals surface area (Å²) in [4.78, 5) is 0. The average Bonchev–Trinajstić information content (AvgIpc) is 2.28. The minimum absolute atomic E-state index is 0.0396. The van der Waals surface area contributed by atoms with Crippen LogP contribution in [0.5, 0.6) is 0 Å². The van der Waals surface area contributed by atoms with E-state index >= 15 is 0 Å². The van der Waals surface area contributed by atoms with Crippen LogP contribution in [0.4, 0.5) is 0 Å². The number of benzene rings is 1. The molecule has 2 atom stereocenters. The number of halogens is 1. The third-order valence-corrected chi connectivity index (χ3v) is 2.70. The van der Waals surface area contributed by atoms with Crippen LogP contribution in [-0.2, 0) is 6.42 Å². The molecule has 0 saturated heterocycles. The van der Waals surface area contributed by atoms with E-state index in [1.165, 1.54) is 5.56 Å². The van der Waals surface area contributed by atoms with Crippen molar-refractivity contribution in [3.8, 4) is 0 Å². The SMILES string of the molecule is CCCc1ccc(C(O)C(O)CCl)cc1. The predicted molar refractivity (Wildman–Crippen MR) is 62.1 cm³/mol. The Kier molecular flexibility index (Phi) is 5.09. The van der Waals surface area contributed by atoms with Crippen molar-refractivity contribution < 1.29 is 10.2 Å². The molecule has 0 saturated carbocycles. The number of hydrogen-bond acceptors (Lipinski definition) is 2. The van der Waals surface area contributed by atoms with Gasteiger partial charge >= 0.3 is 0 Å². The first kappa shape index (κ1) is 12.5. The summed E-state index contributed by atoms with van der Waals surface area (Å²) < 4.78 is 0. The molecule has 0 radical (unpaired) electrons. The van der Waals surface area contributed by atoms with Crippen molar-refractivity contribution >= 4 is 11.6 Å². The predicted octanol–water partition coefficient (Wildman–Crippen LogP) is 2.27. The second-order valence-corrected chi connectivity index (χ2v) is 3.97. The molecule has 0 amide bonds. The Labute approximate surface area is 95.5 Å². The van der Waals surface area contributed by atoms with E-state index < -0.39 is 12.2 Å². The highest BCUT2D eigenvalue weighted by molar-refractivity contribution is 6.18. The lowest BCUT2D eigenvalue weighted by Crippen LogP contribution is -2.19. The van der Waals surface area contributed by atoms with Gasteiger partial charge in [0.05, 0.1) is 12.0 Å². The van der Waals surface area contributed by atoms with Crippen molar-refractivity contribution in [2.45, 2.75) is 32.0 Å². The fraction of sp³-hybridized carbons (Fsp3) is 0.500. The molecule has 0 spiro atoms. The lowest BCUT2D eigenvalue weighted by atomic mass is 10.0. The van der Waals surface area contributed by atoms with Crippen LogP contribution in [0, 0.1) is 0 Å². The first-order chi connectivity index (χ1) is 7.19. The molecule has 2 nitrogen and oxygen atoms in total. The quantitative estimate of drug-likeness (QED) is 0.760. The first-order valence-corrected chi connectivity index (χ1v) is 5.73. The van der Waals surface area contributed by atoms with Crippen LogP contribution in [0.3, 0.4) is 0 Å². The largest absolute Gasteiger partial charge is 0.389 e. The van der Waals surface area contributed by atoms with E-state index in [2.05, 4.69) is 6.92 Å². The molecule has 2 unspecified atom stereocenters. The number of rotatable bonds is 5. The monoisotopic (exact) mass is 228 g/mol. The zero-order valence-corrected chi connectivity index (χ0v) is 9.61. The molecule has 0 bridgehead atoms. The van der Waals surface area contributed by atoms with E-state index in [0.717, 1.165) is 12.8 Å². The highest BCUT2D eigenvalue weighted by atomic mass is 35.5. The van der Waals surface area contributed by atoms with Gasteiger partial charge in [0.15, 0.2) is 0 Å². The van der Waals surface area contributed by atoms with E-state index in [1.807, 2.05) is 24.3 Å². The third-order valence-electron chi connectivity index (χ3n) is 2.38. The summed E-state index contributed by atoms with van der Waals surface area (Å²) in [6.07, 6.45) is 0.350. The zero-order chi connectivity index (χ0) is 11.3. The minimum Gasteiger partial charge on any atom is -0.389 e. The molecule has 3 heteroatoms. The minimum atomic E-state index is -0.899. The van der Waals surface area contributed by atoms with Gasteiger partial charge in [-0.2, -0.15) is 0 Å². The van der Waals surface area contributed by atoms with Crippen LogP contribution < -0.4 is 0 Å². The van der Waals surface area contributed by atoms with Gasteiger partial charge in [0.2, 0.25) is 0 Å². The molecule has 0 aliphatic heterocycles. The van der Waals surface area contributed by atoms with E-state index in [0.29, 0.717) is 5.56 Å². The molecule has 1 aromatic carbocycles. The molecule has 0 fully saturated rings. The number of hydrogen-bond donors (Lipinski definition) is 2. The molecule has 0 heterocycles. The standard InChI is InChI=1S/C12H17ClO2/c1-2-3-9-4-6-10(7-5-9)12(15)11(14)8-13/h4-7,11-12,14-15H,2-3,8H2,1H3. The van der Waals surface area contributed by atoms with E-state index in [1.54, 1.807) is 0 Å². The summed E-state index contributed by atoms with van der Waals surface area (Å²) in [5, 5.41) is 19.0. The van der Waals surface area contributed by atoms with E-state index in [9.17, 15) is 10.2 Å². The molecule has 15 heavy (non-hydrogen) atoms. The Morgan fingerprint density at radius 3 is 2.27 bits per heavy atom. The molecule has 1 rings (SSSR count). The Morgan fingerprint density at radius 1 is 1.20 bits per heavy atom. The van der Waals surface area contributed by atoms with Crippen LogP contribution in [0.25, 0.3) is 0 Å². The van der Waals surface area contributed by atoms with Crippen LogP contribution in [-0.4, -0.2) is 22.2 Å². The van der Waals surface area contributed by atoms with E-state index in [-0.39, 0.29) is 5.88 Å². The van der Waals surface area contributed by atoms with Crippen molar-refractivity contribution in [2.24, 2.45) is 0 Å². The van der Waals surface area contributed by atoms with Crippen LogP contribution in [0.15, 0.2) is 24.3 Å². The number of aliphatic hydroxyl groups is 2. The smallest absolute Gasteiger partial charge is 0.106 e. The highest BCUT2D eigenvalue weighted by Gasteiger charge is 2.16. The maximum atomic E-state index is 9.68. The number of aryl methyl sites for hydroxylation is 1. The van der Waals surface area contributed by atoms with Gasteiger partial charge in [-0.3, -0.25) is 0 Å². The molecule has 0 aliphatic carbocycles. The summed E-state index contributed by atoms with van der Waals surface area (Å²) in [7, 11) is 0. The summed E-state index contributed by atoms with van der Waals surface area (Å²) >= 11 is 5.47. The molecule has 2 N–H and O–H groups in total. The molecular formula is C12H17ClO2.